The van der Waals surface area contributed by atoms with Crippen LogP contribution in [0.3, 0.4) is 0 Å². The Morgan fingerprint density at radius 3 is 2.70 bits per heavy atom. The molecule has 5 heteroatoms. The summed E-state index contributed by atoms with van der Waals surface area (Å²) in [6.07, 6.45) is 0.634. The van der Waals surface area contributed by atoms with Crippen molar-refractivity contribution in [3.8, 4) is 6.07 Å². The minimum absolute atomic E-state index is 0.0351. The number of fused-ring (bicyclic) bond motifs is 1. The maximum atomic E-state index is 12.2. The van der Waals surface area contributed by atoms with Crippen LogP contribution in [0.15, 0.2) is 42.5 Å². The number of carbonyl (C=O) groups is 1. The first kappa shape index (κ1) is 17.4. The Morgan fingerprint density at radius 2 is 2.00 bits per heavy atom. The van der Waals surface area contributed by atoms with Crippen LogP contribution in [0.4, 0.5) is 0 Å². The average molecular weight is 330 g/mol. The van der Waals surface area contributed by atoms with Gasteiger partial charge < -0.3 is 11.1 Å². The Bertz CT molecular complexity index is 711. The smallest absolute Gasteiger partial charge is 0.156 e. The molecule has 0 saturated carbocycles. The number of Topliss-reactive ketones (excluding diaryl/α,β-unsaturated/α-hetero) is 1. The summed E-state index contributed by atoms with van der Waals surface area (Å²) in [5.41, 5.74) is 6.84. The highest BCUT2D eigenvalue weighted by molar-refractivity contribution is 6.28. The molecule has 0 saturated heterocycles. The summed E-state index contributed by atoms with van der Waals surface area (Å²) in [4.78, 5) is 12.2. The Morgan fingerprint density at radius 1 is 1.26 bits per heavy atom. The van der Waals surface area contributed by atoms with E-state index in [1.807, 2.05) is 42.5 Å². The zero-order valence-electron chi connectivity index (χ0n) is 12.8. The van der Waals surface area contributed by atoms with Gasteiger partial charge in [-0.05, 0) is 22.8 Å². The number of benzene rings is 2. The number of carbonyl (C=O) groups excluding carboxylic acids is 1. The average Bonchev–Trinajstić information content (AvgIpc) is 2.59. The molecule has 0 fully saturated rings. The molecule has 0 aliphatic heterocycles. The van der Waals surface area contributed by atoms with Crippen molar-refractivity contribution in [2.24, 2.45) is 5.73 Å². The van der Waals surface area contributed by atoms with Gasteiger partial charge in [-0.2, -0.15) is 5.26 Å². The first-order valence-electron chi connectivity index (χ1n) is 7.59. The van der Waals surface area contributed by atoms with E-state index in [1.165, 1.54) is 0 Å². The summed E-state index contributed by atoms with van der Waals surface area (Å²) in [6.45, 7) is 0.413. The topological polar surface area (TPSA) is 78.9 Å². The minimum atomic E-state index is -0.342. The predicted molar refractivity (Wildman–Crippen MR) is 93.2 cm³/mol. The Balaban J connectivity index is 2.16. The second-order valence-corrected chi connectivity index (χ2v) is 5.74. The number of nitrogens with zero attached hydrogens (tertiary/aromatic N) is 1. The monoisotopic (exact) mass is 329 g/mol. The van der Waals surface area contributed by atoms with Gasteiger partial charge in [-0.3, -0.25) is 4.79 Å². The summed E-state index contributed by atoms with van der Waals surface area (Å²) in [7, 11) is 0. The van der Waals surface area contributed by atoms with Gasteiger partial charge >= 0.3 is 0 Å². The summed E-state index contributed by atoms with van der Waals surface area (Å²) in [5.74, 6) is -0.417. The molecular formula is C18H20ClN3O. The fourth-order valence-corrected chi connectivity index (χ4v) is 2.71. The summed E-state index contributed by atoms with van der Waals surface area (Å²) < 4.78 is 0. The summed E-state index contributed by atoms with van der Waals surface area (Å²) >= 11 is 5.76. The minimum Gasteiger partial charge on any atom is -0.316 e. The number of halogens is 1. The number of hydrogen-bond donors (Lipinski definition) is 2. The fraction of sp³-hybridized carbons (Fsp3) is 0.333. The van der Waals surface area contributed by atoms with E-state index in [-0.39, 0.29) is 23.7 Å². The third-order valence-electron chi connectivity index (χ3n) is 3.85. The van der Waals surface area contributed by atoms with Crippen molar-refractivity contribution >= 4 is 28.2 Å². The second-order valence-electron chi connectivity index (χ2n) is 5.47. The van der Waals surface area contributed by atoms with E-state index in [0.717, 1.165) is 16.3 Å². The molecule has 120 valence electrons. The Hall–Kier alpha value is -1.93. The molecule has 0 spiro atoms. The lowest BCUT2D eigenvalue weighted by Crippen LogP contribution is -2.41. The molecule has 0 heterocycles. The van der Waals surface area contributed by atoms with Crippen LogP contribution < -0.4 is 11.1 Å². The maximum Gasteiger partial charge on any atom is 0.156 e. The van der Waals surface area contributed by atoms with E-state index in [9.17, 15) is 4.79 Å². The number of nitrogens with one attached hydrogen (secondary N) is 1. The molecule has 4 nitrogen and oxygen atoms in total. The molecule has 2 atom stereocenters. The van der Waals surface area contributed by atoms with Gasteiger partial charge in [0, 0.05) is 13.0 Å². The standard InChI is InChI=1S/C18H20ClN3O/c19-11-17(23)16(12-22-18(21)6-3-9-20)15-8-7-13-4-1-2-5-14(13)10-15/h1-2,4-5,7-8,10,16,18,22H,3,6,11-12,21H2. The van der Waals surface area contributed by atoms with Crippen LogP contribution >= 0.6 is 11.6 Å². The van der Waals surface area contributed by atoms with Crippen molar-refractivity contribution in [1.82, 2.24) is 5.32 Å². The molecule has 0 aliphatic carbocycles. The van der Waals surface area contributed by atoms with Crippen molar-refractivity contribution in [3.05, 3.63) is 48.0 Å². The second kappa shape index (κ2) is 8.64. The van der Waals surface area contributed by atoms with E-state index in [2.05, 4.69) is 11.4 Å². The summed E-state index contributed by atoms with van der Waals surface area (Å²) in [5, 5.41) is 13.9. The normalized spacial score (nSPS) is 13.4. The third-order valence-corrected chi connectivity index (χ3v) is 4.11. The van der Waals surface area contributed by atoms with Gasteiger partial charge in [0.05, 0.1) is 24.0 Å². The lowest BCUT2D eigenvalue weighted by molar-refractivity contribution is -0.118. The largest absolute Gasteiger partial charge is 0.316 e. The molecule has 2 aromatic rings. The highest BCUT2D eigenvalue weighted by Crippen LogP contribution is 2.23. The van der Waals surface area contributed by atoms with Crippen LogP contribution in [0.1, 0.15) is 24.3 Å². The SMILES string of the molecule is N#CCCC(N)NCC(C(=O)CCl)c1ccc2ccccc2c1. The van der Waals surface area contributed by atoms with Crippen LogP contribution in [0, 0.1) is 11.3 Å². The van der Waals surface area contributed by atoms with Gasteiger partial charge in [-0.1, -0.05) is 42.5 Å². The quantitative estimate of drug-likeness (QED) is 0.576. The van der Waals surface area contributed by atoms with E-state index >= 15 is 0 Å². The van der Waals surface area contributed by atoms with Gasteiger partial charge in [-0.15, -0.1) is 11.6 Å². The van der Waals surface area contributed by atoms with Crippen LogP contribution in [0.5, 0.6) is 0 Å². The molecular weight excluding hydrogens is 310 g/mol. The molecule has 2 aromatic carbocycles. The predicted octanol–water partition coefficient (Wildman–Crippen LogP) is 2.91. The molecule has 0 aromatic heterocycles. The van der Waals surface area contributed by atoms with Crippen LogP contribution in [-0.4, -0.2) is 24.4 Å². The van der Waals surface area contributed by atoms with Crippen molar-refractivity contribution in [3.63, 3.8) is 0 Å². The van der Waals surface area contributed by atoms with E-state index in [0.29, 0.717) is 19.4 Å². The molecule has 2 rings (SSSR count). The molecule has 0 aliphatic rings. The zero-order valence-corrected chi connectivity index (χ0v) is 13.6. The van der Waals surface area contributed by atoms with E-state index in [1.54, 1.807) is 0 Å². The summed E-state index contributed by atoms with van der Waals surface area (Å²) in [6, 6.07) is 16.1. The molecule has 0 bridgehead atoms. The van der Waals surface area contributed by atoms with Crippen LogP contribution in [-0.2, 0) is 4.79 Å². The number of nitrogens with two attached hydrogens (primary N) is 1. The molecule has 23 heavy (non-hydrogen) atoms. The number of rotatable bonds is 8. The van der Waals surface area contributed by atoms with Gasteiger partial charge in [0.25, 0.3) is 0 Å². The first-order chi connectivity index (χ1) is 11.2. The van der Waals surface area contributed by atoms with Crippen LogP contribution in [0.2, 0.25) is 0 Å². The number of ketones is 1. The van der Waals surface area contributed by atoms with Crippen molar-refractivity contribution in [2.45, 2.75) is 24.9 Å². The lowest BCUT2D eigenvalue weighted by Gasteiger charge is -2.19. The van der Waals surface area contributed by atoms with Crippen molar-refractivity contribution in [1.29, 1.82) is 5.26 Å². The van der Waals surface area contributed by atoms with Gasteiger partial charge in [0.1, 0.15) is 0 Å². The maximum absolute atomic E-state index is 12.2. The Kier molecular flexibility index (Phi) is 6.54. The Labute approximate surface area is 141 Å². The highest BCUT2D eigenvalue weighted by Gasteiger charge is 2.20. The molecule has 0 amide bonds. The van der Waals surface area contributed by atoms with Gasteiger partial charge in [0.2, 0.25) is 0 Å². The third kappa shape index (κ3) is 4.77. The van der Waals surface area contributed by atoms with Gasteiger partial charge in [0.15, 0.2) is 5.78 Å². The molecule has 0 radical (unpaired) electrons. The fourth-order valence-electron chi connectivity index (χ4n) is 2.53. The van der Waals surface area contributed by atoms with Crippen LogP contribution in [0.25, 0.3) is 10.8 Å². The lowest BCUT2D eigenvalue weighted by atomic mass is 9.93. The van der Waals surface area contributed by atoms with Crippen molar-refractivity contribution < 1.29 is 4.79 Å². The molecule has 3 N–H and O–H groups in total. The van der Waals surface area contributed by atoms with Gasteiger partial charge in [-0.25, -0.2) is 0 Å². The van der Waals surface area contributed by atoms with Crippen molar-refractivity contribution in [2.75, 3.05) is 12.4 Å². The molecule has 2 unspecified atom stereocenters. The number of hydrogen-bond acceptors (Lipinski definition) is 4. The highest BCUT2D eigenvalue weighted by atomic mass is 35.5. The number of alkyl halides is 1. The van der Waals surface area contributed by atoms with E-state index in [4.69, 9.17) is 22.6 Å². The van der Waals surface area contributed by atoms with E-state index < -0.39 is 0 Å². The first-order valence-corrected chi connectivity index (χ1v) is 8.12. The number of nitriles is 1. The zero-order chi connectivity index (χ0) is 16.7.